The van der Waals surface area contributed by atoms with Crippen molar-refractivity contribution in [3.63, 3.8) is 0 Å². The van der Waals surface area contributed by atoms with Crippen LogP contribution in [-0.4, -0.2) is 85.1 Å². The van der Waals surface area contributed by atoms with Crippen molar-refractivity contribution in [1.29, 1.82) is 0 Å². The summed E-state index contributed by atoms with van der Waals surface area (Å²) in [4.78, 5) is 20.7. The van der Waals surface area contributed by atoms with E-state index in [9.17, 15) is 9.18 Å². The number of nitrogens with zero attached hydrogens (tertiary/aromatic N) is 4. The van der Waals surface area contributed by atoms with E-state index in [4.69, 9.17) is 9.47 Å². The molecule has 1 spiro atoms. The van der Waals surface area contributed by atoms with Crippen LogP contribution in [0.15, 0.2) is 24.3 Å². The van der Waals surface area contributed by atoms with Gasteiger partial charge in [-0.2, -0.15) is 0 Å². The third kappa shape index (κ3) is 4.59. The van der Waals surface area contributed by atoms with Gasteiger partial charge in [-0.15, -0.1) is 0 Å². The fourth-order valence-corrected chi connectivity index (χ4v) is 5.89. The maximum absolute atomic E-state index is 14.7. The summed E-state index contributed by atoms with van der Waals surface area (Å²) in [6, 6.07) is 6.84. The van der Waals surface area contributed by atoms with E-state index in [2.05, 4.69) is 23.6 Å². The lowest BCUT2D eigenvalue weighted by atomic mass is 10.0. The summed E-state index contributed by atoms with van der Waals surface area (Å²) >= 11 is 0. The standard InChI is InChI=1S/C27H37FN4O3/c1-4-29-13-15-30(16-14-29)24-20(2)25(32(21(24)3)19-22-7-5-6-8-23(22)28)26(33)31-11-9-27(10-12-31)34-17-18-35-27/h5-8H,4,9-19H2,1-3H3. The molecule has 0 unspecified atom stereocenters. The molecule has 2 aromatic rings. The molecule has 3 saturated heterocycles. The molecule has 5 rings (SSSR count). The molecule has 1 aromatic carbocycles. The van der Waals surface area contributed by atoms with Gasteiger partial charge in [0.25, 0.3) is 5.91 Å². The lowest BCUT2D eigenvalue weighted by molar-refractivity contribution is -0.181. The largest absolute Gasteiger partial charge is 0.367 e. The Morgan fingerprint density at radius 2 is 1.66 bits per heavy atom. The smallest absolute Gasteiger partial charge is 0.270 e. The second kappa shape index (κ2) is 9.91. The Bertz CT molecular complexity index is 1060. The van der Waals surface area contributed by atoms with E-state index in [1.807, 2.05) is 22.5 Å². The molecule has 35 heavy (non-hydrogen) atoms. The lowest BCUT2D eigenvalue weighted by Crippen LogP contribution is -2.47. The number of carbonyl (C=O) groups is 1. The minimum atomic E-state index is -0.527. The zero-order valence-corrected chi connectivity index (χ0v) is 21.2. The molecule has 3 aliphatic rings. The summed E-state index contributed by atoms with van der Waals surface area (Å²) in [7, 11) is 0. The number of hydrogen-bond acceptors (Lipinski definition) is 5. The molecule has 1 aromatic heterocycles. The van der Waals surface area contributed by atoms with Crippen LogP contribution in [0, 0.1) is 19.7 Å². The van der Waals surface area contributed by atoms with E-state index in [-0.39, 0.29) is 11.7 Å². The van der Waals surface area contributed by atoms with Gasteiger partial charge < -0.3 is 28.7 Å². The van der Waals surface area contributed by atoms with E-state index < -0.39 is 5.79 Å². The Morgan fingerprint density at radius 3 is 2.29 bits per heavy atom. The first-order valence-corrected chi connectivity index (χ1v) is 12.9. The highest BCUT2D eigenvalue weighted by Gasteiger charge is 2.42. The van der Waals surface area contributed by atoms with Crippen LogP contribution in [0.1, 0.15) is 47.1 Å². The Labute approximate surface area is 207 Å². The van der Waals surface area contributed by atoms with Crippen molar-refractivity contribution < 1.29 is 18.7 Å². The molecule has 7 nitrogen and oxygen atoms in total. The third-order valence-corrected chi connectivity index (χ3v) is 7.98. The summed E-state index contributed by atoms with van der Waals surface area (Å²) in [6.07, 6.45) is 1.35. The number of carbonyl (C=O) groups excluding carboxylic acids is 1. The fraction of sp³-hybridized carbons (Fsp3) is 0.593. The number of benzene rings is 1. The molecular weight excluding hydrogens is 447 g/mol. The van der Waals surface area contributed by atoms with Crippen molar-refractivity contribution in [2.45, 2.75) is 45.9 Å². The quantitative estimate of drug-likeness (QED) is 0.651. The topological polar surface area (TPSA) is 50.2 Å². The Kier molecular flexibility index (Phi) is 6.88. The molecule has 8 heteroatoms. The second-order valence-electron chi connectivity index (χ2n) is 9.91. The molecule has 3 fully saturated rings. The highest BCUT2D eigenvalue weighted by Crippen LogP contribution is 2.36. The zero-order valence-electron chi connectivity index (χ0n) is 21.2. The third-order valence-electron chi connectivity index (χ3n) is 7.98. The number of rotatable bonds is 5. The number of amides is 1. The second-order valence-corrected chi connectivity index (χ2v) is 9.91. The molecule has 190 valence electrons. The fourth-order valence-electron chi connectivity index (χ4n) is 5.89. The Balaban J connectivity index is 1.47. The zero-order chi connectivity index (χ0) is 24.6. The predicted molar refractivity (Wildman–Crippen MR) is 134 cm³/mol. The maximum Gasteiger partial charge on any atom is 0.270 e. The number of piperazine rings is 1. The van der Waals surface area contributed by atoms with E-state index in [1.165, 1.54) is 6.07 Å². The summed E-state index contributed by atoms with van der Waals surface area (Å²) in [5, 5.41) is 0. The Hall–Kier alpha value is -2.42. The molecular formula is C27H37FN4O3. The van der Waals surface area contributed by atoms with Gasteiger partial charge in [-0.05, 0) is 26.5 Å². The summed E-state index contributed by atoms with van der Waals surface area (Å²) < 4.78 is 28.4. The van der Waals surface area contributed by atoms with Crippen molar-refractivity contribution in [3.05, 3.63) is 52.6 Å². The van der Waals surface area contributed by atoms with Crippen molar-refractivity contribution in [1.82, 2.24) is 14.4 Å². The van der Waals surface area contributed by atoms with Gasteiger partial charge >= 0.3 is 0 Å². The van der Waals surface area contributed by atoms with Gasteiger partial charge in [-0.25, -0.2) is 4.39 Å². The first-order chi connectivity index (χ1) is 16.9. The number of aromatic nitrogens is 1. The average molecular weight is 485 g/mol. The molecule has 0 aliphatic carbocycles. The van der Waals surface area contributed by atoms with Gasteiger partial charge in [0.1, 0.15) is 11.5 Å². The normalized spacial score (nSPS) is 20.7. The van der Waals surface area contributed by atoms with E-state index in [1.54, 1.807) is 12.1 Å². The molecule has 0 N–H and O–H groups in total. The first-order valence-electron chi connectivity index (χ1n) is 12.9. The van der Waals surface area contributed by atoms with Gasteiger partial charge in [0.2, 0.25) is 0 Å². The molecule has 0 atom stereocenters. The number of halogens is 1. The Morgan fingerprint density at radius 1 is 1.00 bits per heavy atom. The van der Waals surface area contributed by atoms with Crippen molar-refractivity contribution in [2.24, 2.45) is 0 Å². The van der Waals surface area contributed by atoms with Crippen molar-refractivity contribution in [3.8, 4) is 0 Å². The van der Waals surface area contributed by atoms with Gasteiger partial charge in [0.15, 0.2) is 5.79 Å². The minimum absolute atomic E-state index is 0.00762. The van der Waals surface area contributed by atoms with E-state index >= 15 is 0 Å². The molecule has 3 aliphatic heterocycles. The van der Waals surface area contributed by atoms with Crippen molar-refractivity contribution in [2.75, 3.05) is 63.9 Å². The number of hydrogen-bond donors (Lipinski definition) is 0. The first kappa shape index (κ1) is 24.3. The van der Waals surface area contributed by atoms with Crippen LogP contribution in [-0.2, 0) is 16.0 Å². The highest BCUT2D eigenvalue weighted by molar-refractivity contribution is 5.96. The summed E-state index contributed by atoms with van der Waals surface area (Å²) in [5.41, 5.74) is 4.39. The monoisotopic (exact) mass is 484 g/mol. The molecule has 0 bridgehead atoms. The molecule has 0 saturated carbocycles. The lowest BCUT2D eigenvalue weighted by Gasteiger charge is -2.37. The van der Waals surface area contributed by atoms with E-state index in [0.29, 0.717) is 56.9 Å². The van der Waals surface area contributed by atoms with Crippen LogP contribution >= 0.6 is 0 Å². The van der Waals surface area contributed by atoms with Crippen LogP contribution in [0.3, 0.4) is 0 Å². The van der Waals surface area contributed by atoms with Crippen LogP contribution in [0.5, 0.6) is 0 Å². The molecule has 1 amide bonds. The van der Waals surface area contributed by atoms with Gasteiger partial charge in [0, 0.05) is 68.9 Å². The molecule has 4 heterocycles. The average Bonchev–Trinajstić information content (AvgIpc) is 3.42. The number of likely N-dealkylation sites (N-methyl/N-ethyl adjacent to an activating group) is 1. The number of likely N-dealkylation sites (tertiary alicyclic amines) is 1. The predicted octanol–water partition coefficient (Wildman–Crippen LogP) is 3.41. The number of anilines is 1. The number of ether oxygens (including phenoxy) is 2. The highest BCUT2D eigenvalue weighted by atomic mass is 19.1. The van der Waals surface area contributed by atoms with Gasteiger partial charge in [-0.3, -0.25) is 4.79 Å². The molecule has 0 radical (unpaired) electrons. The van der Waals surface area contributed by atoms with E-state index in [0.717, 1.165) is 49.7 Å². The van der Waals surface area contributed by atoms with Gasteiger partial charge in [-0.1, -0.05) is 25.1 Å². The summed E-state index contributed by atoms with van der Waals surface area (Å²) in [6.45, 7) is 14.0. The van der Waals surface area contributed by atoms with Crippen LogP contribution in [0.2, 0.25) is 0 Å². The van der Waals surface area contributed by atoms with Crippen molar-refractivity contribution >= 4 is 11.6 Å². The SMILES string of the molecule is CCN1CCN(c2c(C)c(C(=O)N3CCC4(CC3)OCCO4)n(Cc3ccccc3F)c2C)CC1. The minimum Gasteiger partial charge on any atom is -0.367 e. The maximum atomic E-state index is 14.7. The van der Waals surface area contributed by atoms with Crippen LogP contribution in [0.4, 0.5) is 10.1 Å². The van der Waals surface area contributed by atoms with Crippen LogP contribution in [0.25, 0.3) is 0 Å². The summed E-state index contributed by atoms with van der Waals surface area (Å²) in [5.74, 6) is -0.764. The number of piperidine rings is 1. The van der Waals surface area contributed by atoms with Gasteiger partial charge in [0.05, 0.1) is 25.4 Å². The van der Waals surface area contributed by atoms with Crippen LogP contribution < -0.4 is 4.90 Å².